The third kappa shape index (κ3) is 11.2. The summed E-state index contributed by atoms with van der Waals surface area (Å²) in [6.45, 7) is 7.31. The van der Waals surface area contributed by atoms with Crippen molar-refractivity contribution < 1.29 is 42.0 Å². The minimum Gasteiger partial charge on any atom is -0.463 e. The van der Waals surface area contributed by atoms with Gasteiger partial charge < -0.3 is 33.7 Å². The summed E-state index contributed by atoms with van der Waals surface area (Å²) in [5.74, 6) is 0.170. The summed E-state index contributed by atoms with van der Waals surface area (Å²) in [6, 6.07) is 12.9. The zero-order valence-corrected chi connectivity index (χ0v) is 27.3. The van der Waals surface area contributed by atoms with Crippen LogP contribution in [0.25, 0.3) is 0 Å². The number of aliphatic hydroxyl groups excluding tert-OH is 1. The predicted molar refractivity (Wildman–Crippen MR) is 168 cm³/mol. The van der Waals surface area contributed by atoms with Crippen molar-refractivity contribution in [2.75, 3.05) is 52.7 Å². The Kier molecular flexibility index (Phi) is 13.5. The molecular weight excluding hydrogens is 600 g/mol. The summed E-state index contributed by atoms with van der Waals surface area (Å²) >= 11 is 0. The molecule has 0 aliphatic carbocycles. The molecule has 0 unspecified atom stereocenters. The van der Waals surface area contributed by atoms with E-state index in [-0.39, 0.29) is 43.5 Å². The van der Waals surface area contributed by atoms with Crippen molar-refractivity contribution >= 4 is 16.1 Å². The van der Waals surface area contributed by atoms with Crippen LogP contribution in [0.15, 0.2) is 47.4 Å². The average molecular weight is 649 g/mol. The maximum Gasteiger partial charge on any atom is 0.410 e. The molecule has 0 radical (unpaired) electrons. The zero-order chi connectivity index (χ0) is 32.1. The van der Waals surface area contributed by atoms with Crippen LogP contribution in [0.4, 0.5) is 4.79 Å². The molecule has 2 heterocycles. The van der Waals surface area contributed by atoms with Gasteiger partial charge >= 0.3 is 6.09 Å². The number of ether oxygens (including phenoxy) is 5. The normalized spacial score (nSPS) is 17.6. The van der Waals surface area contributed by atoms with Gasteiger partial charge in [-0.15, -0.1) is 0 Å². The van der Waals surface area contributed by atoms with E-state index in [0.29, 0.717) is 32.9 Å². The number of unbranched alkanes of at least 4 members (excludes halogenated alkanes) is 4. The van der Waals surface area contributed by atoms with Crippen molar-refractivity contribution in [2.24, 2.45) is 0 Å². The maximum absolute atomic E-state index is 12.5. The van der Waals surface area contributed by atoms with Crippen molar-refractivity contribution in [3.8, 4) is 5.75 Å². The predicted octanol–water partition coefficient (Wildman–Crippen LogP) is 4.71. The van der Waals surface area contributed by atoms with Crippen molar-refractivity contribution in [1.82, 2.24) is 9.62 Å². The van der Waals surface area contributed by atoms with E-state index in [4.69, 9.17) is 28.8 Å². The average Bonchev–Trinajstić information content (AvgIpc) is 3.39. The van der Waals surface area contributed by atoms with Crippen LogP contribution in [-0.2, 0) is 42.0 Å². The molecule has 1 atom stereocenters. The molecule has 2 N–H and O–H groups in total. The lowest BCUT2D eigenvalue weighted by Gasteiger charge is -2.32. The number of hydrogen-bond acceptors (Lipinski definition) is 9. The van der Waals surface area contributed by atoms with Crippen molar-refractivity contribution in [2.45, 2.75) is 82.2 Å². The number of aliphatic hydroxyl groups is 1. The molecule has 2 aromatic carbocycles. The molecule has 0 aromatic heterocycles. The van der Waals surface area contributed by atoms with Crippen LogP contribution in [0.1, 0.15) is 75.2 Å². The van der Waals surface area contributed by atoms with E-state index < -0.39 is 15.8 Å². The Morgan fingerprint density at radius 1 is 0.978 bits per heavy atom. The molecule has 2 aliphatic rings. The topological polar surface area (TPSA) is 133 Å². The number of nitrogens with zero attached hydrogens (tertiary/aromatic N) is 1. The number of carbonyl (C=O) groups is 1. The second-order valence-corrected chi connectivity index (χ2v) is 13.6. The van der Waals surface area contributed by atoms with E-state index in [1.807, 2.05) is 38.1 Å². The highest BCUT2D eigenvalue weighted by Gasteiger charge is 2.33. The van der Waals surface area contributed by atoms with Crippen LogP contribution in [0, 0.1) is 0 Å². The van der Waals surface area contributed by atoms with Gasteiger partial charge in [0, 0.05) is 45.7 Å². The summed E-state index contributed by atoms with van der Waals surface area (Å²) in [6.07, 6.45) is 5.99. The fraction of sp³-hybridized carbons (Fsp3) is 0.606. The molecule has 45 heavy (non-hydrogen) atoms. The number of rotatable bonds is 20. The molecule has 4 rings (SSSR count). The van der Waals surface area contributed by atoms with Gasteiger partial charge in [-0.3, -0.25) is 0 Å². The third-order valence-corrected chi connectivity index (χ3v) is 9.19. The second-order valence-electron chi connectivity index (χ2n) is 11.8. The Balaban J connectivity index is 1.02. The summed E-state index contributed by atoms with van der Waals surface area (Å²) in [5.41, 5.74) is 2.90. The Hall–Kier alpha value is -2.74. The first-order valence-corrected chi connectivity index (χ1v) is 17.4. The van der Waals surface area contributed by atoms with Gasteiger partial charge in [0.15, 0.2) is 0 Å². The number of nitrogens with one attached hydrogen (secondary N) is 1. The van der Waals surface area contributed by atoms with E-state index in [0.717, 1.165) is 67.4 Å². The first-order valence-electron chi connectivity index (χ1n) is 15.9. The number of sulfonamides is 1. The van der Waals surface area contributed by atoms with E-state index in [9.17, 15) is 13.2 Å². The fourth-order valence-electron chi connectivity index (χ4n) is 5.28. The van der Waals surface area contributed by atoms with Gasteiger partial charge in [0.2, 0.25) is 15.8 Å². The standard InChI is InChI=1S/C33H48N2O9S/c1-33(2)42-25-28-23-27(13-14-30(28)44-33)31-24-35(32(37)43-31)16-6-3-4-7-18-40-19-8-5-10-26-11-9-12-29(22-26)45(38,39)34-15-20-41-21-17-36/h9,11-14,22-23,31,34,36H,3-8,10,15-21,24-25H2,1-2H3/t31-/m0/s1. The lowest BCUT2D eigenvalue weighted by Crippen LogP contribution is -2.35. The number of aryl methyl sites for hydroxylation is 1. The van der Waals surface area contributed by atoms with Gasteiger partial charge in [-0.05, 0) is 67.5 Å². The molecule has 0 bridgehead atoms. The number of hydrogen-bond donors (Lipinski definition) is 2. The Morgan fingerprint density at radius 3 is 2.58 bits per heavy atom. The summed E-state index contributed by atoms with van der Waals surface area (Å²) in [4.78, 5) is 14.5. The Bertz CT molecular complexity index is 1340. The highest BCUT2D eigenvalue weighted by Crippen LogP contribution is 2.35. The van der Waals surface area contributed by atoms with E-state index in [1.54, 1.807) is 23.1 Å². The van der Waals surface area contributed by atoms with Crippen LogP contribution in [0.2, 0.25) is 0 Å². The minimum atomic E-state index is -3.60. The highest BCUT2D eigenvalue weighted by atomic mass is 32.2. The minimum absolute atomic E-state index is 0.0921. The summed E-state index contributed by atoms with van der Waals surface area (Å²) in [5, 5.41) is 8.72. The van der Waals surface area contributed by atoms with Crippen LogP contribution < -0.4 is 9.46 Å². The first kappa shape index (κ1) is 35.1. The lowest BCUT2D eigenvalue weighted by molar-refractivity contribution is -0.180. The molecule has 1 amide bonds. The molecule has 11 nitrogen and oxygen atoms in total. The Morgan fingerprint density at radius 2 is 1.76 bits per heavy atom. The van der Waals surface area contributed by atoms with E-state index >= 15 is 0 Å². The largest absolute Gasteiger partial charge is 0.463 e. The first-order chi connectivity index (χ1) is 21.7. The molecule has 0 saturated carbocycles. The summed E-state index contributed by atoms with van der Waals surface area (Å²) in [7, 11) is -3.60. The van der Waals surface area contributed by atoms with Gasteiger partial charge in [-0.25, -0.2) is 17.9 Å². The van der Waals surface area contributed by atoms with Crippen LogP contribution >= 0.6 is 0 Å². The molecule has 2 aromatic rings. The molecular formula is C33H48N2O9S. The van der Waals surface area contributed by atoms with Gasteiger partial charge in [0.25, 0.3) is 0 Å². The number of carbonyl (C=O) groups excluding carboxylic acids is 1. The smallest absolute Gasteiger partial charge is 0.410 e. The molecule has 12 heteroatoms. The molecule has 1 fully saturated rings. The van der Waals surface area contributed by atoms with Crippen LogP contribution in [0.3, 0.4) is 0 Å². The molecule has 0 spiro atoms. The lowest BCUT2D eigenvalue weighted by atomic mass is 10.0. The number of fused-ring (bicyclic) bond motifs is 1. The van der Waals surface area contributed by atoms with Gasteiger partial charge in [0.1, 0.15) is 11.9 Å². The molecule has 1 saturated heterocycles. The monoisotopic (exact) mass is 648 g/mol. The van der Waals surface area contributed by atoms with Crippen molar-refractivity contribution in [1.29, 1.82) is 0 Å². The molecule has 250 valence electrons. The third-order valence-electron chi connectivity index (χ3n) is 7.73. The van der Waals surface area contributed by atoms with E-state index in [1.165, 1.54) is 0 Å². The SMILES string of the molecule is CC1(C)OCc2cc([C@@H]3CN(CCCCCCOCCCCc4cccc(S(=O)(=O)NCCOCCO)c4)C(=O)O3)ccc2O1. The quantitative estimate of drug-likeness (QED) is 0.196. The maximum atomic E-state index is 12.5. The summed E-state index contributed by atoms with van der Waals surface area (Å²) < 4.78 is 55.7. The highest BCUT2D eigenvalue weighted by molar-refractivity contribution is 7.89. The van der Waals surface area contributed by atoms with Crippen LogP contribution in [0.5, 0.6) is 5.75 Å². The number of benzene rings is 2. The number of amides is 1. The number of cyclic esters (lactones) is 1. The zero-order valence-electron chi connectivity index (χ0n) is 26.5. The fourth-order valence-corrected chi connectivity index (χ4v) is 6.37. The van der Waals surface area contributed by atoms with Gasteiger partial charge in [-0.1, -0.05) is 31.0 Å². The Labute approximate surface area is 267 Å². The molecule has 2 aliphatic heterocycles. The van der Waals surface area contributed by atoms with Gasteiger partial charge in [0.05, 0.1) is 37.9 Å². The van der Waals surface area contributed by atoms with E-state index in [2.05, 4.69) is 4.72 Å². The second kappa shape index (κ2) is 17.3. The van der Waals surface area contributed by atoms with Crippen LogP contribution in [-0.4, -0.2) is 83.0 Å². The van der Waals surface area contributed by atoms with Gasteiger partial charge in [-0.2, -0.15) is 0 Å². The van der Waals surface area contributed by atoms with Crippen molar-refractivity contribution in [3.05, 3.63) is 59.2 Å². The van der Waals surface area contributed by atoms with Crippen molar-refractivity contribution in [3.63, 3.8) is 0 Å².